The summed E-state index contributed by atoms with van der Waals surface area (Å²) in [7, 11) is 0. The van der Waals surface area contributed by atoms with Crippen molar-refractivity contribution in [1.82, 2.24) is 0 Å². The zero-order valence-electron chi connectivity index (χ0n) is 15.0. The third kappa shape index (κ3) is 3.72. The highest BCUT2D eigenvalue weighted by Gasteiger charge is 2.10. The van der Waals surface area contributed by atoms with E-state index in [1.807, 2.05) is 0 Å². The molecule has 0 aliphatic carbocycles. The van der Waals surface area contributed by atoms with Crippen molar-refractivity contribution in [2.75, 3.05) is 0 Å². The Morgan fingerprint density at radius 1 is 0.500 bits per heavy atom. The molecule has 0 fully saturated rings. The van der Waals surface area contributed by atoms with Crippen molar-refractivity contribution >= 4 is 10.8 Å². The number of fused-ring (bicyclic) bond motifs is 1. The Kier molecular flexibility index (Phi) is 6.49. The van der Waals surface area contributed by atoms with E-state index in [1.165, 1.54) is 73.3 Å². The van der Waals surface area contributed by atoms with Gasteiger partial charge in [0.15, 0.2) is 0 Å². The zero-order valence-corrected chi connectivity index (χ0v) is 15.0. The SMILES string of the molecule is CCCc1cc2c(CCC)ccc(CCC)c2cc1CCC. The van der Waals surface area contributed by atoms with Crippen molar-refractivity contribution in [3.63, 3.8) is 0 Å². The molecule has 0 spiro atoms. The van der Waals surface area contributed by atoms with Crippen LogP contribution >= 0.6 is 0 Å². The predicted octanol–water partition coefficient (Wildman–Crippen LogP) is 6.65. The maximum atomic E-state index is 2.52. The first-order chi connectivity index (χ1) is 10.7. The first-order valence-electron chi connectivity index (χ1n) is 9.31. The summed E-state index contributed by atoms with van der Waals surface area (Å²) in [4.78, 5) is 0. The maximum Gasteiger partial charge on any atom is -0.0146 e. The van der Waals surface area contributed by atoms with Gasteiger partial charge in [-0.15, -0.1) is 0 Å². The van der Waals surface area contributed by atoms with Crippen molar-refractivity contribution in [3.05, 3.63) is 46.5 Å². The van der Waals surface area contributed by atoms with Crippen molar-refractivity contribution < 1.29 is 0 Å². The molecule has 0 amide bonds. The summed E-state index contributed by atoms with van der Waals surface area (Å²) in [5.41, 5.74) is 6.25. The number of benzene rings is 2. The lowest BCUT2D eigenvalue weighted by Crippen LogP contribution is -1.99. The average molecular weight is 296 g/mol. The normalized spacial score (nSPS) is 11.3. The molecule has 120 valence electrons. The van der Waals surface area contributed by atoms with Gasteiger partial charge in [-0.1, -0.05) is 77.6 Å². The number of aryl methyl sites for hydroxylation is 4. The number of rotatable bonds is 8. The number of hydrogen-bond donors (Lipinski definition) is 0. The minimum absolute atomic E-state index is 1.20. The Morgan fingerprint density at radius 2 is 0.818 bits per heavy atom. The van der Waals surface area contributed by atoms with Crippen molar-refractivity contribution in [2.45, 2.75) is 79.1 Å². The molecule has 0 saturated heterocycles. The third-order valence-corrected chi connectivity index (χ3v) is 4.59. The standard InChI is InChI=1S/C22H32/c1-5-9-17-13-14-18(10-6-2)22-16-20(12-8-4)19(11-7-3)15-21(17)22/h13-16H,5-12H2,1-4H3. The molecule has 0 aromatic heterocycles. The van der Waals surface area contributed by atoms with E-state index in [1.54, 1.807) is 11.1 Å². The Labute approximate surface area is 136 Å². The lowest BCUT2D eigenvalue weighted by Gasteiger charge is -2.16. The van der Waals surface area contributed by atoms with Gasteiger partial charge >= 0.3 is 0 Å². The van der Waals surface area contributed by atoms with Crippen LogP contribution in [0.25, 0.3) is 10.8 Å². The van der Waals surface area contributed by atoms with Crippen LogP contribution in [0.5, 0.6) is 0 Å². The second kappa shape index (κ2) is 8.36. The first-order valence-corrected chi connectivity index (χ1v) is 9.31. The van der Waals surface area contributed by atoms with E-state index in [-0.39, 0.29) is 0 Å². The van der Waals surface area contributed by atoms with Gasteiger partial charge in [0.2, 0.25) is 0 Å². The van der Waals surface area contributed by atoms with Gasteiger partial charge in [0, 0.05) is 0 Å². The van der Waals surface area contributed by atoms with E-state index in [4.69, 9.17) is 0 Å². The highest BCUT2D eigenvalue weighted by molar-refractivity contribution is 5.90. The quantitative estimate of drug-likeness (QED) is 0.511. The van der Waals surface area contributed by atoms with Crippen LogP contribution in [0.2, 0.25) is 0 Å². The van der Waals surface area contributed by atoms with Crippen LogP contribution in [-0.2, 0) is 25.7 Å². The van der Waals surface area contributed by atoms with Crippen molar-refractivity contribution in [2.24, 2.45) is 0 Å². The summed E-state index contributed by atoms with van der Waals surface area (Å²) < 4.78 is 0. The fourth-order valence-corrected chi connectivity index (χ4v) is 3.58. The van der Waals surface area contributed by atoms with E-state index >= 15 is 0 Å². The van der Waals surface area contributed by atoms with Crippen LogP contribution in [0.3, 0.4) is 0 Å². The highest BCUT2D eigenvalue weighted by Crippen LogP contribution is 2.29. The largest absolute Gasteiger partial charge is 0.0651 e. The second-order valence-electron chi connectivity index (χ2n) is 6.55. The molecule has 0 saturated carbocycles. The zero-order chi connectivity index (χ0) is 15.9. The smallest absolute Gasteiger partial charge is 0.0146 e. The highest BCUT2D eigenvalue weighted by atomic mass is 14.1. The van der Waals surface area contributed by atoms with Gasteiger partial charge in [-0.2, -0.15) is 0 Å². The lowest BCUT2D eigenvalue weighted by molar-refractivity contribution is 0.862. The molecule has 22 heavy (non-hydrogen) atoms. The van der Waals surface area contributed by atoms with Crippen molar-refractivity contribution in [3.8, 4) is 0 Å². The van der Waals surface area contributed by atoms with E-state index in [0.717, 1.165) is 0 Å². The Morgan fingerprint density at radius 3 is 1.14 bits per heavy atom. The fraction of sp³-hybridized carbons (Fsp3) is 0.545. The molecule has 2 aromatic carbocycles. The molecule has 0 aliphatic heterocycles. The monoisotopic (exact) mass is 296 g/mol. The summed E-state index contributed by atoms with van der Waals surface area (Å²) >= 11 is 0. The topological polar surface area (TPSA) is 0 Å². The number of hydrogen-bond acceptors (Lipinski definition) is 0. The molecule has 0 radical (unpaired) electrons. The van der Waals surface area contributed by atoms with E-state index in [0.29, 0.717) is 0 Å². The van der Waals surface area contributed by atoms with Crippen LogP contribution in [0.4, 0.5) is 0 Å². The van der Waals surface area contributed by atoms with Gasteiger partial charge in [0.1, 0.15) is 0 Å². The van der Waals surface area contributed by atoms with Gasteiger partial charge < -0.3 is 0 Å². The van der Waals surface area contributed by atoms with E-state index in [2.05, 4.69) is 52.0 Å². The summed E-state index contributed by atoms with van der Waals surface area (Å²) in [6.45, 7) is 9.15. The van der Waals surface area contributed by atoms with Gasteiger partial charge in [-0.25, -0.2) is 0 Å². The van der Waals surface area contributed by atoms with Gasteiger partial charge in [0.05, 0.1) is 0 Å². The molecule has 0 aliphatic rings. The molecular formula is C22H32. The molecule has 0 atom stereocenters. The fourth-order valence-electron chi connectivity index (χ4n) is 3.58. The molecule has 0 nitrogen and oxygen atoms in total. The third-order valence-electron chi connectivity index (χ3n) is 4.59. The minimum Gasteiger partial charge on any atom is -0.0651 e. The Bertz CT molecular complexity index is 552. The predicted molar refractivity (Wildman–Crippen MR) is 99.9 cm³/mol. The Hall–Kier alpha value is -1.30. The summed E-state index contributed by atoms with van der Waals surface area (Å²) in [6, 6.07) is 9.81. The van der Waals surface area contributed by atoms with Crippen LogP contribution in [0.15, 0.2) is 24.3 Å². The van der Waals surface area contributed by atoms with Gasteiger partial charge in [-0.05, 0) is 58.7 Å². The van der Waals surface area contributed by atoms with Gasteiger partial charge in [0.25, 0.3) is 0 Å². The molecule has 2 rings (SSSR count). The van der Waals surface area contributed by atoms with Crippen molar-refractivity contribution in [1.29, 1.82) is 0 Å². The van der Waals surface area contributed by atoms with E-state index in [9.17, 15) is 0 Å². The van der Waals surface area contributed by atoms with Gasteiger partial charge in [-0.3, -0.25) is 0 Å². The first kappa shape index (κ1) is 17.1. The van der Waals surface area contributed by atoms with Crippen LogP contribution in [0, 0.1) is 0 Å². The average Bonchev–Trinajstić information content (AvgIpc) is 2.51. The Balaban J connectivity index is 2.65. The molecule has 0 bridgehead atoms. The lowest BCUT2D eigenvalue weighted by atomic mass is 9.89. The molecule has 2 aromatic rings. The summed E-state index contributed by atoms with van der Waals surface area (Å²) in [6.07, 6.45) is 9.75. The van der Waals surface area contributed by atoms with Crippen LogP contribution in [0.1, 0.15) is 75.6 Å². The molecule has 0 unspecified atom stereocenters. The van der Waals surface area contributed by atoms with Crippen LogP contribution < -0.4 is 0 Å². The molecule has 0 heteroatoms. The maximum absolute atomic E-state index is 2.52. The summed E-state index contributed by atoms with van der Waals surface area (Å²) in [5.74, 6) is 0. The molecule has 0 heterocycles. The summed E-state index contributed by atoms with van der Waals surface area (Å²) in [5, 5.41) is 3.05. The van der Waals surface area contributed by atoms with E-state index < -0.39 is 0 Å². The van der Waals surface area contributed by atoms with Crippen LogP contribution in [-0.4, -0.2) is 0 Å². The molecular weight excluding hydrogens is 264 g/mol. The molecule has 0 N–H and O–H groups in total. The minimum atomic E-state index is 1.20. The second-order valence-corrected chi connectivity index (χ2v) is 6.55.